The number of benzene rings is 2. The summed E-state index contributed by atoms with van der Waals surface area (Å²) in [6.07, 6.45) is 3.45. The van der Waals surface area contributed by atoms with Gasteiger partial charge in [0.1, 0.15) is 5.82 Å². The zero-order chi connectivity index (χ0) is 22.8. The number of nitrogens with one attached hydrogen (secondary N) is 1. The van der Waals surface area contributed by atoms with Gasteiger partial charge in [0, 0.05) is 56.7 Å². The summed E-state index contributed by atoms with van der Waals surface area (Å²) in [6, 6.07) is 21.4. The van der Waals surface area contributed by atoms with E-state index in [1.807, 2.05) is 71.8 Å². The Labute approximate surface area is 191 Å². The molecule has 1 N–H and O–H groups in total. The molecule has 0 aliphatic carbocycles. The van der Waals surface area contributed by atoms with Crippen molar-refractivity contribution in [1.82, 2.24) is 14.5 Å². The number of hydrogen-bond acceptors (Lipinski definition) is 5. The van der Waals surface area contributed by atoms with Crippen molar-refractivity contribution in [3.05, 3.63) is 89.3 Å². The lowest BCUT2D eigenvalue weighted by molar-refractivity contribution is -0.129. The first-order valence-corrected chi connectivity index (χ1v) is 11.0. The van der Waals surface area contributed by atoms with Gasteiger partial charge >= 0.3 is 0 Å². The zero-order valence-corrected chi connectivity index (χ0v) is 18.4. The summed E-state index contributed by atoms with van der Waals surface area (Å²) in [5.41, 5.74) is 3.43. The Bertz CT molecular complexity index is 1340. The molecule has 0 saturated carbocycles. The van der Waals surface area contributed by atoms with Crippen LogP contribution < -0.4 is 15.6 Å². The van der Waals surface area contributed by atoms with Crippen molar-refractivity contribution < 1.29 is 4.79 Å². The maximum atomic E-state index is 13.2. The van der Waals surface area contributed by atoms with Crippen molar-refractivity contribution in [2.24, 2.45) is 0 Å². The standard InChI is InChI=1S/C26H25N5O2/c1-19(32)29-12-14-30(15-13-29)23-18-27-17-22-24(33)16-25(28-20-8-4-2-5-9-20)31(26(22)23)21-10-6-3-7-11-21/h2-11,16-18,28H,12-15H2,1H3. The molecule has 0 unspecified atom stereocenters. The highest BCUT2D eigenvalue weighted by molar-refractivity contribution is 5.93. The Hall–Kier alpha value is -4.13. The van der Waals surface area contributed by atoms with Gasteiger partial charge in [-0.3, -0.25) is 19.1 Å². The number of piperazine rings is 1. The number of hydrogen-bond donors (Lipinski definition) is 1. The van der Waals surface area contributed by atoms with Gasteiger partial charge in [0.15, 0.2) is 5.43 Å². The Kier molecular flexibility index (Phi) is 5.52. The summed E-state index contributed by atoms with van der Waals surface area (Å²) < 4.78 is 2.08. The number of para-hydroxylation sites is 2. The van der Waals surface area contributed by atoms with E-state index in [2.05, 4.69) is 19.8 Å². The topological polar surface area (TPSA) is 70.5 Å². The molecule has 0 atom stereocenters. The minimum Gasteiger partial charge on any atom is -0.365 e. The molecule has 0 bridgehead atoms. The second-order valence-electron chi connectivity index (χ2n) is 8.10. The first kappa shape index (κ1) is 20.8. The predicted octanol–water partition coefficient (Wildman–Crippen LogP) is 3.80. The summed E-state index contributed by atoms with van der Waals surface area (Å²) in [5, 5.41) is 3.99. The van der Waals surface area contributed by atoms with Crippen LogP contribution in [-0.2, 0) is 4.79 Å². The van der Waals surface area contributed by atoms with Gasteiger partial charge in [0.25, 0.3) is 0 Å². The van der Waals surface area contributed by atoms with Crippen molar-refractivity contribution >= 4 is 34.0 Å². The Morgan fingerprint density at radius 1 is 0.909 bits per heavy atom. The largest absolute Gasteiger partial charge is 0.365 e. The van der Waals surface area contributed by atoms with Gasteiger partial charge in [-0.2, -0.15) is 0 Å². The minimum atomic E-state index is -0.0904. The highest BCUT2D eigenvalue weighted by Crippen LogP contribution is 2.31. The third kappa shape index (κ3) is 4.05. The van der Waals surface area contributed by atoms with Crippen LogP contribution in [0.3, 0.4) is 0 Å². The van der Waals surface area contributed by atoms with Crippen molar-refractivity contribution in [1.29, 1.82) is 0 Å². The quantitative estimate of drug-likeness (QED) is 0.524. The molecule has 7 heteroatoms. The second-order valence-corrected chi connectivity index (χ2v) is 8.10. The van der Waals surface area contributed by atoms with Crippen LogP contribution in [0, 0.1) is 0 Å². The summed E-state index contributed by atoms with van der Waals surface area (Å²) in [4.78, 5) is 33.4. The van der Waals surface area contributed by atoms with E-state index in [0.717, 1.165) is 22.6 Å². The molecule has 1 aliphatic rings. The summed E-state index contributed by atoms with van der Waals surface area (Å²) >= 11 is 0. The Balaban J connectivity index is 1.71. The van der Waals surface area contributed by atoms with Crippen molar-refractivity contribution in [2.45, 2.75) is 6.92 Å². The van der Waals surface area contributed by atoms with Gasteiger partial charge in [-0.1, -0.05) is 36.4 Å². The normalized spacial score (nSPS) is 13.8. The Morgan fingerprint density at radius 3 is 2.24 bits per heavy atom. The number of pyridine rings is 2. The van der Waals surface area contributed by atoms with E-state index >= 15 is 0 Å². The fourth-order valence-corrected chi connectivity index (χ4v) is 4.35. The maximum Gasteiger partial charge on any atom is 0.219 e. The van der Waals surface area contributed by atoms with Crippen molar-refractivity contribution in [3.8, 4) is 5.69 Å². The summed E-state index contributed by atoms with van der Waals surface area (Å²) in [7, 11) is 0. The van der Waals surface area contributed by atoms with E-state index in [1.165, 1.54) is 0 Å². The molecule has 1 amide bonds. The molecule has 0 spiro atoms. The summed E-state index contributed by atoms with van der Waals surface area (Å²) in [6.45, 7) is 4.25. The molecule has 2 aromatic heterocycles. The number of aromatic nitrogens is 2. The third-order valence-electron chi connectivity index (χ3n) is 6.02. The van der Waals surface area contributed by atoms with Crippen molar-refractivity contribution in [2.75, 3.05) is 36.4 Å². The molecular weight excluding hydrogens is 414 g/mol. The molecule has 3 heterocycles. The molecule has 7 nitrogen and oxygen atoms in total. The first-order valence-electron chi connectivity index (χ1n) is 11.0. The van der Waals surface area contributed by atoms with Crippen LogP contribution in [-0.4, -0.2) is 46.5 Å². The average molecular weight is 440 g/mol. The molecule has 1 fully saturated rings. The lowest BCUT2D eigenvalue weighted by atomic mass is 10.1. The number of nitrogens with zero attached hydrogens (tertiary/aromatic N) is 4. The average Bonchev–Trinajstić information content (AvgIpc) is 2.85. The fraction of sp³-hybridized carbons (Fsp3) is 0.192. The van der Waals surface area contributed by atoms with Gasteiger partial charge in [0.2, 0.25) is 5.91 Å². The highest BCUT2D eigenvalue weighted by atomic mass is 16.2. The number of carbonyl (C=O) groups is 1. The van der Waals surface area contributed by atoms with Crippen LogP contribution >= 0.6 is 0 Å². The SMILES string of the molecule is CC(=O)N1CCN(c2cncc3c(=O)cc(Nc4ccccc4)n(-c4ccccc4)c23)CC1. The molecule has 4 aromatic rings. The second kappa shape index (κ2) is 8.78. The number of anilines is 3. The monoisotopic (exact) mass is 439 g/mol. The summed E-state index contributed by atoms with van der Waals surface area (Å²) in [5.74, 6) is 0.765. The van der Waals surface area contributed by atoms with Gasteiger partial charge in [-0.15, -0.1) is 0 Å². The smallest absolute Gasteiger partial charge is 0.219 e. The fourth-order valence-electron chi connectivity index (χ4n) is 4.35. The Morgan fingerprint density at radius 2 is 1.58 bits per heavy atom. The first-order chi connectivity index (χ1) is 16.1. The molecule has 5 rings (SSSR count). The molecule has 1 aliphatic heterocycles. The van der Waals surface area contributed by atoms with E-state index < -0.39 is 0 Å². The molecule has 2 aromatic carbocycles. The van der Waals surface area contributed by atoms with Gasteiger partial charge in [-0.05, 0) is 24.3 Å². The van der Waals surface area contributed by atoms with Crippen LogP contribution in [0.4, 0.5) is 17.2 Å². The van der Waals surface area contributed by atoms with E-state index in [1.54, 1.807) is 19.2 Å². The predicted molar refractivity (Wildman–Crippen MR) is 132 cm³/mol. The molecule has 166 valence electrons. The van der Waals surface area contributed by atoms with Crippen LogP contribution in [0.25, 0.3) is 16.6 Å². The van der Waals surface area contributed by atoms with Crippen LogP contribution in [0.1, 0.15) is 6.92 Å². The maximum absolute atomic E-state index is 13.2. The molecule has 0 radical (unpaired) electrons. The third-order valence-corrected chi connectivity index (χ3v) is 6.02. The number of amides is 1. The van der Waals surface area contributed by atoms with Crippen LogP contribution in [0.5, 0.6) is 0 Å². The highest BCUT2D eigenvalue weighted by Gasteiger charge is 2.23. The van der Waals surface area contributed by atoms with Crippen molar-refractivity contribution in [3.63, 3.8) is 0 Å². The van der Waals surface area contributed by atoms with Crippen LogP contribution in [0.15, 0.2) is 83.9 Å². The molecule has 1 saturated heterocycles. The number of rotatable bonds is 4. The lowest BCUT2D eigenvalue weighted by Crippen LogP contribution is -2.48. The molecule has 33 heavy (non-hydrogen) atoms. The van der Waals surface area contributed by atoms with Gasteiger partial charge in [0.05, 0.1) is 22.8 Å². The number of carbonyl (C=O) groups excluding carboxylic acids is 1. The van der Waals surface area contributed by atoms with Gasteiger partial charge in [-0.25, -0.2) is 0 Å². The minimum absolute atomic E-state index is 0.0845. The van der Waals surface area contributed by atoms with E-state index in [9.17, 15) is 9.59 Å². The van der Waals surface area contributed by atoms with Gasteiger partial charge < -0.3 is 15.1 Å². The van der Waals surface area contributed by atoms with E-state index in [4.69, 9.17) is 0 Å². The molecular formula is C26H25N5O2. The zero-order valence-electron chi connectivity index (χ0n) is 18.4. The van der Waals surface area contributed by atoms with E-state index in [0.29, 0.717) is 37.4 Å². The lowest BCUT2D eigenvalue weighted by Gasteiger charge is -2.36. The van der Waals surface area contributed by atoms with E-state index in [-0.39, 0.29) is 11.3 Å². The van der Waals surface area contributed by atoms with Crippen LogP contribution in [0.2, 0.25) is 0 Å². The number of fused-ring (bicyclic) bond motifs is 1.